The highest BCUT2D eigenvalue weighted by Gasteiger charge is 2.33. The third-order valence-electron chi connectivity index (χ3n) is 6.32. The van der Waals surface area contributed by atoms with Gasteiger partial charge < -0.3 is 10.4 Å². The zero-order valence-corrected chi connectivity index (χ0v) is 20.9. The van der Waals surface area contributed by atoms with Crippen LogP contribution in [-0.2, 0) is 4.79 Å². The number of quaternary nitrogens is 1. The van der Waals surface area contributed by atoms with Crippen molar-refractivity contribution in [2.75, 3.05) is 14.1 Å². The normalized spacial score (nSPS) is 14.2. The summed E-state index contributed by atoms with van der Waals surface area (Å²) in [6.07, 6.45) is 22.8. The van der Waals surface area contributed by atoms with Crippen LogP contribution in [0, 0.1) is 0 Å². The van der Waals surface area contributed by atoms with E-state index in [0.29, 0.717) is 17.3 Å². The lowest BCUT2D eigenvalue weighted by Gasteiger charge is -2.41. The van der Waals surface area contributed by atoms with Crippen molar-refractivity contribution < 1.29 is 14.4 Å². The summed E-state index contributed by atoms with van der Waals surface area (Å²) in [5, 5.41) is 13.4. The van der Waals surface area contributed by atoms with Gasteiger partial charge in [0, 0.05) is 19.3 Å². The Bertz CT molecular complexity index is 435. The molecule has 2 unspecified atom stereocenters. The molecule has 178 valence electrons. The van der Waals surface area contributed by atoms with Crippen LogP contribution in [0.1, 0.15) is 124 Å². The molecule has 0 aliphatic carbocycles. The molecule has 4 nitrogen and oxygen atoms in total. The number of hydrogen-bond donors (Lipinski definition) is 2. The van der Waals surface area contributed by atoms with E-state index in [4.69, 9.17) is 0 Å². The van der Waals surface area contributed by atoms with Gasteiger partial charge in [-0.05, 0) is 32.1 Å². The van der Waals surface area contributed by atoms with Gasteiger partial charge in [0.1, 0.15) is 0 Å². The third-order valence-corrected chi connectivity index (χ3v) is 6.32. The van der Waals surface area contributed by atoms with E-state index in [-0.39, 0.29) is 12.1 Å². The zero-order valence-electron chi connectivity index (χ0n) is 20.9. The van der Waals surface area contributed by atoms with Gasteiger partial charge in [-0.25, -0.2) is 0 Å². The highest BCUT2D eigenvalue weighted by molar-refractivity contribution is 5.75. The Morgan fingerprint density at radius 1 is 0.800 bits per heavy atom. The fourth-order valence-electron chi connectivity index (χ4n) is 4.03. The number of carbonyl (C=O) groups is 1. The Morgan fingerprint density at radius 3 is 1.80 bits per heavy atom. The molecule has 0 rings (SSSR count). The maximum Gasteiger partial charge on any atom is 0.224 e. The molecule has 0 spiro atoms. The van der Waals surface area contributed by atoms with E-state index >= 15 is 0 Å². The minimum atomic E-state index is -0.449. The molecule has 2 atom stereocenters. The van der Waals surface area contributed by atoms with Crippen molar-refractivity contribution in [3.8, 4) is 0 Å². The van der Waals surface area contributed by atoms with Crippen LogP contribution in [0.4, 0.5) is 0 Å². The first-order chi connectivity index (χ1) is 14.4. The molecular formula is C26H53N2O2+. The maximum atomic E-state index is 12.3. The molecule has 30 heavy (non-hydrogen) atoms. The molecule has 0 aromatic carbocycles. The van der Waals surface area contributed by atoms with Crippen LogP contribution < -0.4 is 5.32 Å². The molecule has 4 heteroatoms. The molecule has 0 bridgehead atoms. The van der Waals surface area contributed by atoms with Gasteiger partial charge in [0.15, 0.2) is 12.4 Å². The number of nitrogens with zero attached hydrogens (tertiary/aromatic N) is 1. The van der Waals surface area contributed by atoms with Crippen molar-refractivity contribution in [1.82, 2.24) is 5.32 Å². The predicted octanol–water partition coefficient (Wildman–Crippen LogP) is 6.68. The number of hydrogen-bond acceptors (Lipinski definition) is 2. The number of amides is 1. The van der Waals surface area contributed by atoms with E-state index < -0.39 is 6.23 Å². The Morgan fingerprint density at radius 2 is 1.30 bits per heavy atom. The predicted molar refractivity (Wildman–Crippen MR) is 130 cm³/mol. The Balaban J connectivity index is 3.68. The van der Waals surface area contributed by atoms with E-state index in [9.17, 15) is 9.90 Å². The second kappa shape index (κ2) is 18.9. The number of aliphatic hydroxyl groups is 1. The van der Waals surface area contributed by atoms with Crippen LogP contribution >= 0.6 is 0 Å². The van der Waals surface area contributed by atoms with Crippen LogP contribution in [0.15, 0.2) is 12.2 Å². The van der Waals surface area contributed by atoms with E-state index in [0.717, 1.165) is 19.3 Å². The molecule has 0 radical (unpaired) electrons. The minimum absolute atomic E-state index is 0.0319. The monoisotopic (exact) mass is 425 g/mol. The SMILES string of the molecule is CCCCCCCC/C=C\CCCCCCCC(=O)NC(CC)[N+](C)(C)C(O)CC. The molecule has 0 saturated heterocycles. The molecule has 0 aliphatic heterocycles. The number of carbonyl (C=O) groups excluding carboxylic acids is 1. The van der Waals surface area contributed by atoms with Crippen LogP contribution in [0.25, 0.3) is 0 Å². The topological polar surface area (TPSA) is 49.3 Å². The quantitative estimate of drug-likeness (QED) is 0.0989. The largest absolute Gasteiger partial charge is 0.345 e. The van der Waals surface area contributed by atoms with Gasteiger partial charge in [0.25, 0.3) is 0 Å². The molecule has 2 N–H and O–H groups in total. The van der Waals surface area contributed by atoms with Crippen molar-refractivity contribution >= 4 is 5.91 Å². The third kappa shape index (κ3) is 14.2. The number of aliphatic hydroxyl groups excluding tert-OH is 1. The van der Waals surface area contributed by atoms with Gasteiger partial charge in [-0.15, -0.1) is 0 Å². The van der Waals surface area contributed by atoms with Crippen molar-refractivity contribution in [2.24, 2.45) is 0 Å². The summed E-state index contributed by atoms with van der Waals surface area (Å²) in [5.41, 5.74) is 0. The first kappa shape index (κ1) is 29.1. The summed E-state index contributed by atoms with van der Waals surface area (Å²) >= 11 is 0. The molecule has 0 heterocycles. The lowest BCUT2D eigenvalue weighted by Crippen LogP contribution is -2.61. The van der Waals surface area contributed by atoms with E-state index in [1.807, 2.05) is 21.0 Å². The van der Waals surface area contributed by atoms with Gasteiger partial charge in [0.05, 0.1) is 14.1 Å². The van der Waals surface area contributed by atoms with Gasteiger partial charge in [-0.3, -0.25) is 9.28 Å². The molecule has 0 aromatic rings. The number of unbranched alkanes of at least 4 members (excludes halogenated alkanes) is 11. The Labute approximate surface area is 188 Å². The summed E-state index contributed by atoms with van der Waals surface area (Å²) in [4.78, 5) is 12.3. The molecule has 0 saturated carbocycles. The van der Waals surface area contributed by atoms with Crippen LogP contribution in [0.5, 0.6) is 0 Å². The fraction of sp³-hybridized carbons (Fsp3) is 0.885. The van der Waals surface area contributed by atoms with E-state index in [1.54, 1.807) is 0 Å². The fourth-order valence-corrected chi connectivity index (χ4v) is 4.03. The number of allylic oxidation sites excluding steroid dienone is 2. The molecule has 0 aromatic heterocycles. The highest BCUT2D eigenvalue weighted by Crippen LogP contribution is 2.15. The number of rotatable bonds is 20. The second-order valence-electron chi connectivity index (χ2n) is 9.34. The summed E-state index contributed by atoms with van der Waals surface area (Å²) in [6.45, 7) is 6.31. The lowest BCUT2D eigenvalue weighted by atomic mass is 10.1. The molecule has 0 aliphatic rings. The smallest absolute Gasteiger partial charge is 0.224 e. The van der Waals surface area contributed by atoms with Crippen LogP contribution in [0.3, 0.4) is 0 Å². The Kier molecular flexibility index (Phi) is 18.3. The first-order valence-corrected chi connectivity index (χ1v) is 12.9. The summed E-state index contributed by atoms with van der Waals surface area (Å²) < 4.78 is 0.422. The molecule has 1 amide bonds. The molecular weight excluding hydrogens is 372 g/mol. The standard InChI is InChI=1S/C26H52N2O2/c1-6-9-10-11-12-13-14-15-16-17-18-19-20-21-22-23-25(29)27-24(7-2)28(4,5)26(30)8-3/h15-16,24,26,30H,6-14,17-23H2,1-5H3/p+1/b16-15-. The van der Waals surface area contributed by atoms with Gasteiger partial charge in [-0.1, -0.05) is 84.3 Å². The highest BCUT2D eigenvalue weighted by atomic mass is 16.3. The van der Waals surface area contributed by atoms with Crippen molar-refractivity contribution in [3.63, 3.8) is 0 Å². The van der Waals surface area contributed by atoms with Crippen molar-refractivity contribution in [3.05, 3.63) is 12.2 Å². The first-order valence-electron chi connectivity index (χ1n) is 12.9. The van der Waals surface area contributed by atoms with Gasteiger partial charge in [-0.2, -0.15) is 0 Å². The lowest BCUT2D eigenvalue weighted by molar-refractivity contribution is -0.961. The van der Waals surface area contributed by atoms with Gasteiger partial charge in [0.2, 0.25) is 5.91 Å². The van der Waals surface area contributed by atoms with E-state index in [2.05, 4.69) is 31.3 Å². The maximum absolute atomic E-state index is 12.3. The summed E-state index contributed by atoms with van der Waals surface area (Å²) in [7, 11) is 3.98. The van der Waals surface area contributed by atoms with Crippen molar-refractivity contribution in [1.29, 1.82) is 0 Å². The second-order valence-corrected chi connectivity index (χ2v) is 9.34. The molecule has 0 fully saturated rings. The Hall–Kier alpha value is -0.870. The average Bonchev–Trinajstić information content (AvgIpc) is 2.73. The summed E-state index contributed by atoms with van der Waals surface area (Å²) in [5.74, 6) is 0.119. The zero-order chi connectivity index (χ0) is 22.7. The minimum Gasteiger partial charge on any atom is -0.345 e. The number of nitrogens with one attached hydrogen (secondary N) is 1. The van der Waals surface area contributed by atoms with Crippen LogP contribution in [-0.4, -0.2) is 42.0 Å². The van der Waals surface area contributed by atoms with Crippen molar-refractivity contribution in [2.45, 2.75) is 136 Å². The average molecular weight is 426 g/mol. The van der Waals surface area contributed by atoms with E-state index in [1.165, 1.54) is 70.6 Å². The van der Waals surface area contributed by atoms with Crippen LogP contribution in [0.2, 0.25) is 0 Å². The summed E-state index contributed by atoms with van der Waals surface area (Å²) in [6, 6.07) is 0. The van der Waals surface area contributed by atoms with Gasteiger partial charge >= 0.3 is 0 Å².